The molecule has 0 spiro atoms. The molecule has 1 aromatic carbocycles. The summed E-state index contributed by atoms with van der Waals surface area (Å²) in [7, 11) is -3.18. The van der Waals surface area contributed by atoms with E-state index in [9.17, 15) is 13.2 Å². The molecule has 0 aliphatic heterocycles. The van der Waals surface area contributed by atoms with Gasteiger partial charge in [-0.05, 0) is 33.3 Å². The smallest absolute Gasteiger partial charge is 0.163 e. The Morgan fingerprint density at radius 3 is 2.55 bits per heavy atom. The zero-order valence-electron chi connectivity index (χ0n) is 12.1. The van der Waals surface area contributed by atoms with Crippen molar-refractivity contribution in [3.05, 3.63) is 29.3 Å². The Hall–Kier alpha value is -1.36. The third-order valence-corrected chi connectivity index (χ3v) is 6.15. The fourth-order valence-corrected chi connectivity index (χ4v) is 3.08. The lowest BCUT2D eigenvalue weighted by atomic mass is 10.1. The van der Waals surface area contributed by atoms with Gasteiger partial charge in [0, 0.05) is 17.5 Å². The van der Waals surface area contributed by atoms with Crippen LogP contribution in [0.3, 0.4) is 0 Å². The number of benzene rings is 1. The summed E-state index contributed by atoms with van der Waals surface area (Å²) in [4.78, 5) is 11.6. The SMILES string of the molecule is CC(C)(C)S(=O)(=O)CCOc1cccc2c1CCC2=O. The van der Waals surface area contributed by atoms with Gasteiger partial charge in [0.25, 0.3) is 0 Å². The number of Topliss-reactive ketones (excluding diaryl/α,β-unsaturated/α-hetero) is 1. The number of hydrogen-bond acceptors (Lipinski definition) is 4. The summed E-state index contributed by atoms with van der Waals surface area (Å²) in [5.41, 5.74) is 1.62. The Morgan fingerprint density at radius 2 is 1.90 bits per heavy atom. The van der Waals surface area contributed by atoms with Crippen LogP contribution in [0.2, 0.25) is 0 Å². The lowest BCUT2D eigenvalue weighted by Gasteiger charge is -2.19. The van der Waals surface area contributed by atoms with Crippen molar-refractivity contribution >= 4 is 15.6 Å². The first-order valence-electron chi connectivity index (χ1n) is 6.72. The van der Waals surface area contributed by atoms with Gasteiger partial charge in [0.1, 0.15) is 12.4 Å². The van der Waals surface area contributed by atoms with Crippen LogP contribution in [-0.2, 0) is 16.3 Å². The molecule has 0 radical (unpaired) electrons. The van der Waals surface area contributed by atoms with Gasteiger partial charge in [0.15, 0.2) is 15.6 Å². The van der Waals surface area contributed by atoms with Crippen LogP contribution in [-0.4, -0.2) is 31.3 Å². The van der Waals surface area contributed by atoms with E-state index in [1.165, 1.54) is 0 Å². The second kappa shape index (κ2) is 5.20. The second-order valence-electron chi connectivity index (χ2n) is 5.99. The van der Waals surface area contributed by atoms with Crippen LogP contribution in [0.5, 0.6) is 5.75 Å². The molecule has 0 N–H and O–H groups in total. The van der Waals surface area contributed by atoms with E-state index in [0.717, 1.165) is 5.56 Å². The zero-order valence-corrected chi connectivity index (χ0v) is 12.9. The van der Waals surface area contributed by atoms with E-state index < -0.39 is 14.6 Å². The molecule has 1 aliphatic rings. The van der Waals surface area contributed by atoms with E-state index in [0.29, 0.717) is 24.2 Å². The number of rotatable bonds is 4. The van der Waals surface area contributed by atoms with Gasteiger partial charge in [0.2, 0.25) is 0 Å². The van der Waals surface area contributed by atoms with Gasteiger partial charge in [-0.3, -0.25) is 4.79 Å². The highest BCUT2D eigenvalue weighted by Crippen LogP contribution is 2.30. The molecule has 1 aliphatic carbocycles. The molecule has 0 saturated carbocycles. The fraction of sp³-hybridized carbons (Fsp3) is 0.533. The summed E-state index contributed by atoms with van der Waals surface area (Å²) in [6, 6.07) is 5.36. The molecular formula is C15H20O4S. The molecule has 0 heterocycles. The Morgan fingerprint density at radius 1 is 1.20 bits per heavy atom. The first kappa shape index (κ1) is 15.0. The Labute approximate surface area is 120 Å². The molecule has 20 heavy (non-hydrogen) atoms. The van der Waals surface area contributed by atoms with Crippen LogP contribution in [0, 0.1) is 0 Å². The molecule has 0 saturated heterocycles. The average molecular weight is 296 g/mol. The summed E-state index contributed by atoms with van der Waals surface area (Å²) in [5, 5.41) is 0. The van der Waals surface area contributed by atoms with Gasteiger partial charge in [-0.15, -0.1) is 0 Å². The maximum Gasteiger partial charge on any atom is 0.163 e. The number of carbonyl (C=O) groups excluding carboxylic acids is 1. The van der Waals surface area contributed by atoms with E-state index in [1.54, 1.807) is 39.0 Å². The number of fused-ring (bicyclic) bond motifs is 1. The third-order valence-electron chi connectivity index (χ3n) is 3.58. The first-order chi connectivity index (χ1) is 9.22. The van der Waals surface area contributed by atoms with Crippen LogP contribution in [0.1, 0.15) is 43.1 Å². The summed E-state index contributed by atoms with van der Waals surface area (Å²) >= 11 is 0. The monoisotopic (exact) mass is 296 g/mol. The standard InChI is InChI=1S/C15H20O4S/c1-15(2,3)20(17,18)10-9-19-14-6-4-5-11-12(14)7-8-13(11)16/h4-6H,7-10H2,1-3H3. The molecule has 4 nitrogen and oxygen atoms in total. The number of ether oxygens (including phenoxy) is 1. The van der Waals surface area contributed by atoms with Crippen molar-refractivity contribution in [3.63, 3.8) is 0 Å². The minimum atomic E-state index is -3.18. The Bertz CT molecular complexity index is 624. The predicted molar refractivity (Wildman–Crippen MR) is 78.1 cm³/mol. The van der Waals surface area contributed by atoms with Crippen molar-refractivity contribution in [2.75, 3.05) is 12.4 Å². The van der Waals surface area contributed by atoms with Crippen LogP contribution in [0.15, 0.2) is 18.2 Å². The highest BCUT2D eigenvalue weighted by Gasteiger charge is 2.29. The van der Waals surface area contributed by atoms with Crippen molar-refractivity contribution in [2.45, 2.75) is 38.4 Å². The van der Waals surface area contributed by atoms with Crippen molar-refractivity contribution in [1.29, 1.82) is 0 Å². The molecule has 0 unspecified atom stereocenters. The van der Waals surface area contributed by atoms with E-state index >= 15 is 0 Å². The molecule has 2 rings (SSSR count). The zero-order chi connectivity index (χ0) is 15.0. The van der Waals surface area contributed by atoms with E-state index in [4.69, 9.17) is 4.74 Å². The molecule has 110 valence electrons. The Balaban J connectivity index is 2.05. The maximum atomic E-state index is 12.0. The van der Waals surface area contributed by atoms with Gasteiger partial charge < -0.3 is 4.74 Å². The van der Waals surface area contributed by atoms with Crippen LogP contribution < -0.4 is 4.74 Å². The van der Waals surface area contributed by atoms with E-state index in [1.807, 2.05) is 0 Å². The van der Waals surface area contributed by atoms with Crippen LogP contribution in [0.25, 0.3) is 0 Å². The molecule has 0 amide bonds. The topological polar surface area (TPSA) is 60.4 Å². The van der Waals surface area contributed by atoms with Gasteiger partial charge in [-0.25, -0.2) is 8.42 Å². The lowest BCUT2D eigenvalue weighted by Crippen LogP contribution is -2.32. The van der Waals surface area contributed by atoms with Gasteiger partial charge in [0.05, 0.1) is 10.5 Å². The normalized spacial score (nSPS) is 15.2. The quantitative estimate of drug-likeness (QED) is 0.856. The van der Waals surface area contributed by atoms with Crippen LogP contribution in [0.4, 0.5) is 0 Å². The van der Waals surface area contributed by atoms with Gasteiger partial charge >= 0.3 is 0 Å². The molecule has 0 aromatic heterocycles. The number of ketones is 1. The predicted octanol–water partition coefficient (Wildman–Crippen LogP) is 2.41. The molecule has 0 atom stereocenters. The van der Waals surface area contributed by atoms with Crippen molar-refractivity contribution in [1.82, 2.24) is 0 Å². The molecule has 1 aromatic rings. The highest BCUT2D eigenvalue weighted by atomic mass is 32.2. The van der Waals surface area contributed by atoms with Crippen molar-refractivity contribution < 1.29 is 17.9 Å². The van der Waals surface area contributed by atoms with E-state index in [2.05, 4.69) is 0 Å². The second-order valence-corrected chi connectivity index (χ2v) is 8.85. The third kappa shape index (κ3) is 2.87. The summed E-state index contributed by atoms with van der Waals surface area (Å²) in [5.74, 6) is 0.749. The van der Waals surface area contributed by atoms with Gasteiger partial charge in [-0.1, -0.05) is 12.1 Å². The maximum absolute atomic E-state index is 12.0. The highest BCUT2D eigenvalue weighted by molar-refractivity contribution is 7.92. The summed E-state index contributed by atoms with van der Waals surface area (Å²) in [6.45, 7) is 5.16. The Kier molecular flexibility index (Phi) is 3.91. The van der Waals surface area contributed by atoms with Gasteiger partial charge in [-0.2, -0.15) is 0 Å². The van der Waals surface area contributed by atoms with Crippen molar-refractivity contribution in [3.8, 4) is 5.75 Å². The lowest BCUT2D eigenvalue weighted by molar-refractivity contribution is 0.0994. The molecular weight excluding hydrogens is 276 g/mol. The average Bonchev–Trinajstić information content (AvgIpc) is 2.71. The summed E-state index contributed by atoms with van der Waals surface area (Å²) < 4.78 is 28.8. The van der Waals surface area contributed by atoms with Crippen molar-refractivity contribution in [2.24, 2.45) is 0 Å². The number of sulfone groups is 1. The minimum absolute atomic E-state index is 0.0197. The molecule has 5 heteroatoms. The number of carbonyl (C=O) groups is 1. The van der Waals surface area contributed by atoms with E-state index in [-0.39, 0.29) is 18.1 Å². The molecule has 0 fully saturated rings. The fourth-order valence-electron chi connectivity index (χ4n) is 2.16. The number of hydrogen-bond donors (Lipinski definition) is 0. The summed E-state index contributed by atoms with van der Waals surface area (Å²) in [6.07, 6.45) is 1.19. The first-order valence-corrected chi connectivity index (χ1v) is 8.38. The largest absolute Gasteiger partial charge is 0.492 e. The molecule has 0 bridgehead atoms. The minimum Gasteiger partial charge on any atom is -0.492 e. The van der Waals surface area contributed by atoms with Crippen LogP contribution >= 0.6 is 0 Å².